The fourth-order valence-corrected chi connectivity index (χ4v) is 2.83. The van der Waals surface area contributed by atoms with Gasteiger partial charge in [-0.3, -0.25) is 4.79 Å². The van der Waals surface area contributed by atoms with Crippen molar-refractivity contribution in [3.8, 4) is 5.75 Å². The summed E-state index contributed by atoms with van der Waals surface area (Å²) in [4.78, 5) is 11.8. The van der Waals surface area contributed by atoms with Crippen LogP contribution in [0.25, 0.3) is 0 Å². The van der Waals surface area contributed by atoms with Crippen LogP contribution >= 0.6 is 0 Å². The summed E-state index contributed by atoms with van der Waals surface area (Å²) in [5.74, 6) is 0.591. The van der Waals surface area contributed by atoms with Gasteiger partial charge in [-0.25, -0.2) is 0 Å². The van der Waals surface area contributed by atoms with Crippen molar-refractivity contribution in [3.05, 3.63) is 65.7 Å². The van der Waals surface area contributed by atoms with Crippen molar-refractivity contribution in [3.63, 3.8) is 0 Å². The standard InChI is InChI=1S/C17H17NO3/c1-21-14-9-7-12(8-10-14)16-17(20,11-15(19)18-16)13-5-3-2-4-6-13/h2-10,16,20H,11H2,1H3,(H,18,19)/t16-,17+/m0/s1. The van der Waals surface area contributed by atoms with Crippen LogP contribution in [-0.2, 0) is 10.4 Å². The molecule has 1 heterocycles. The van der Waals surface area contributed by atoms with Crippen LogP contribution < -0.4 is 10.1 Å². The Morgan fingerprint density at radius 1 is 1.14 bits per heavy atom. The van der Waals surface area contributed by atoms with Crippen molar-refractivity contribution >= 4 is 5.91 Å². The van der Waals surface area contributed by atoms with Crippen molar-refractivity contribution in [1.82, 2.24) is 5.32 Å². The van der Waals surface area contributed by atoms with Gasteiger partial charge < -0.3 is 15.2 Å². The Kier molecular flexibility index (Phi) is 3.39. The van der Waals surface area contributed by atoms with Crippen LogP contribution in [0.1, 0.15) is 23.6 Å². The molecule has 2 atom stereocenters. The lowest BCUT2D eigenvalue weighted by atomic mass is 9.83. The van der Waals surface area contributed by atoms with Gasteiger partial charge in [-0.1, -0.05) is 42.5 Å². The summed E-state index contributed by atoms with van der Waals surface area (Å²) in [5, 5.41) is 13.9. The number of aliphatic hydroxyl groups is 1. The van der Waals surface area contributed by atoms with Gasteiger partial charge in [0.25, 0.3) is 0 Å². The minimum atomic E-state index is -1.23. The van der Waals surface area contributed by atoms with Crippen molar-refractivity contribution in [2.45, 2.75) is 18.1 Å². The number of methoxy groups -OCH3 is 1. The second-order valence-electron chi connectivity index (χ2n) is 5.24. The first-order chi connectivity index (χ1) is 10.1. The van der Waals surface area contributed by atoms with E-state index in [1.54, 1.807) is 7.11 Å². The highest BCUT2D eigenvalue weighted by molar-refractivity contribution is 5.81. The molecule has 21 heavy (non-hydrogen) atoms. The quantitative estimate of drug-likeness (QED) is 0.907. The first-order valence-electron chi connectivity index (χ1n) is 6.85. The topological polar surface area (TPSA) is 58.6 Å². The summed E-state index contributed by atoms with van der Waals surface area (Å²) < 4.78 is 5.14. The van der Waals surface area contributed by atoms with E-state index in [-0.39, 0.29) is 12.3 Å². The molecule has 0 aromatic heterocycles. The Morgan fingerprint density at radius 3 is 2.43 bits per heavy atom. The molecule has 1 amide bonds. The van der Waals surface area contributed by atoms with Crippen LogP contribution in [-0.4, -0.2) is 18.1 Å². The molecule has 2 N–H and O–H groups in total. The molecule has 2 aromatic rings. The zero-order valence-electron chi connectivity index (χ0n) is 11.7. The molecule has 0 bridgehead atoms. The number of ether oxygens (including phenoxy) is 1. The van der Waals surface area contributed by atoms with Gasteiger partial charge in [0.05, 0.1) is 19.6 Å². The molecular weight excluding hydrogens is 266 g/mol. The molecule has 1 saturated heterocycles. The van der Waals surface area contributed by atoms with Gasteiger partial charge in [-0.2, -0.15) is 0 Å². The molecule has 4 heteroatoms. The van der Waals surface area contributed by atoms with E-state index in [0.29, 0.717) is 0 Å². The van der Waals surface area contributed by atoms with Gasteiger partial charge in [0, 0.05) is 0 Å². The van der Waals surface area contributed by atoms with Crippen LogP contribution in [0.15, 0.2) is 54.6 Å². The van der Waals surface area contributed by atoms with Gasteiger partial charge >= 0.3 is 0 Å². The summed E-state index contributed by atoms with van der Waals surface area (Å²) in [6.07, 6.45) is 0.0632. The lowest BCUT2D eigenvalue weighted by Crippen LogP contribution is -2.33. The molecule has 2 aromatic carbocycles. The van der Waals surface area contributed by atoms with Crippen molar-refractivity contribution in [2.75, 3.05) is 7.11 Å². The molecule has 0 aliphatic carbocycles. The van der Waals surface area contributed by atoms with E-state index >= 15 is 0 Å². The van der Waals surface area contributed by atoms with Gasteiger partial charge in [-0.05, 0) is 23.3 Å². The number of carbonyl (C=O) groups excluding carboxylic acids is 1. The van der Waals surface area contributed by atoms with E-state index in [1.165, 1.54) is 0 Å². The molecule has 1 aliphatic rings. The van der Waals surface area contributed by atoms with Crippen LogP contribution in [0, 0.1) is 0 Å². The molecule has 108 valence electrons. The second-order valence-corrected chi connectivity index (χ2v) is 5.24. The number of amides is 1. The normalized spacial score (nSPS) is 24.7. The molecule has 0 unspecified atom stereocenters. The molecule has 0 spiro atoms. The summed E-state index contributed by atoms with van der Waals surface area (Å²) in [7, 11) is 1.60. The lowest BCUT2D eigenvalue weighted by molar-refractivity contribution is -0.120. The Labute approximate surface area is 123 Å². The monoisotopic (exact) mass is 283 g/mol. The summed E-state index contributed by atoms with van der Waals surface area (Å²) in [5.41, 5.74) is 0.365. The average Bonchev–Trinajstić information content (AvgIpc) is 2.84. The largest absolute Gasteiger partial charge is 0.497 e. The number of benzene rings is 2. The van der Waals surface area contributed by atoms with E-state index in [0.717, 1.165) is 16.9 Å². The van der Waals surface area contributed by atoms with Gasteiger partial charge in [0.1, 0.15) is 11.4 Å². The average molecular weight is 283 g/mol. The fraction of sp³-hybridized carbons (Fsp3) is 0.235. The number of nitrogens with one attached hydrogen (secondary N) is 1. The first kappa shape index (κ1) is 13.6. The maximum Gasteiger partial charge on any atom is 0.223 e. The number of hydrogen-bond acceptors (Lipinski definition) is 3. The maximum absolute atomic E-state index is 11.8. The van der Waals surface area contributed by atoms with Crippen molar-refractivity contribution in [1.29, 1.82) is 0 Å². The predicted octanol–water partition coefficient (Wildman–Crippen LogP) is 2.14. The third-order valence-electron chi connectivity index (χ3n) is 3.94. The smallest absolute Gasteiger partial charge is 0.223 e. The predicted molar refractivity (Wildman–Crippen MR) is 78.8 cm³/mol. The van der Waals surface area contributed by atoms with E-state index in [1.807, 2.05) is 54.6 Å². The zero-order chi connectivity index (χ0) is 14.9. The highest BCUT2D eigenvalue weighted by Crippen LogP contribution is 2.42. The highest BCUT2D eigenvalue weighted by Gasteiger charge is 2.47. The molecule has 1 fully saturated rings. The molecule has 4 nitrogen and oxygen atoms in total. The van der Waals surface area contributed by atoms with E-state index in [2.05, 4.69) is 5.32 Å². The van der Waals surface area contributed by atoms with Gasteiger partial charge in [0.15, 0.2) is 0 Å². The molecule has 1 aliphatic heterocycles. The number of rotatable bonds is 3. The highest BCUT2D eigenvalue weighted by atomic mass is 16.5. The summed E-state index contributed by atoms with van der Waals surface area (Å²) in [6.45, 7) is 0. The van der Waals surface area contributed by atoms with E-state index < -0.39 is 11.6 Å². The van der Waals surface area contributed by atoms with E-state index in [4.69, 9.17) is 4.74 Å². The summed E-state index contributed by atoms with van der Waals surface area (Å²) in [6, 6.07) is 16.2. The minimum absolute atomic E-state index is 0.0632. The third-order valence-corrected chi connectivity index (χ3v) is 3.94. The molecule has 0 saturated carbocycles. The Hall–Kier alpha value is -2.33. The van der Waals surface area contributed by atoms with Crippen LogP contribution in [0.3, 0.4) is 0 Å². The third kappa shape index (κ3) is 2.38. The van der Waals surface area contributed by atoms with Crippen molar-refractivity contribution < 1.29 is 14.6 Å². The van der Waals surface area contributed by atoms with Crippen LogP contribution in [0.4, 0.5) is 0 Å². The first-order valence-corrected chi connectivity index (χ1v) is 6.85. The fourth-order valence-electron chi connectivity index (χ4n) is 2.83. The summed E-state index contributed by atoms with van der Waals surface area (Å²) >= 11 is 0. The van der Waals surface area contributed by atoms with Crippen molar-refractivity contribution in [2.24, 2.45) is 0 Å². The van der Waals surface area contributed by atoms with Crippen LogP contribution in [0.5, 0.6) is 5.75 Å². The Bertz CT molecular complexity index is 639. The minimum Gasteiger partial charge on any atom is -0.497 e. The molecular formula is C17H17NO3. The molecule has 3 rings (SSSR count). The molecule has 0 radical (unpaired) electrons. The number of carbonyl (C=O) groups is 1. The SMILES string of the molecule is COc1ccc([C@@H]2NC(=O)C[C@@]2(O)c2ccccc2)cc1. The Morgan fingerprint density at radius 2 is 1.81 bits per heavy atom. The Balaban J connectivity index is 2.00. The maximum atomic E-state index is 11.8. The second kappa shape index (κ2) is 5.22. The lowest BCUT2D eigenvalue weighted by Gasteiger charge is -2.29. The van der Waals surface area contributed by atoms with Gasteiger partial charge in [0.2, 0.25) is 5.91 Å². The van der Waals surface area contributed by atoms with E-state index in [9.17, 15) is 9.90 Å². The van der Waals surface area contributed by atoms with Crippen LogP contribution in [0.2, 0.25) is 0 Å². The zero-order valence-corrected chi connectivity index (χ0v) is 11.7. The number of hydrogen-bond donors (Lipinski definition) is 2. The van der Waals surface area contributed by atoms with Gasteiger partial charge in [-0.15, -0.1) is 0 Å².